The van der Waals surface area contributed by atoms with Crippen molar-refractivity contribution in [2.45, 2.75) is 6.54 Å². The molecular weight excluding hydrogens is 304 g/mol. The molecular formula is C17H18N6O. The summed E-state index contributed by atoms with van der Waals surface area (Å²) in [5, 5.41) is 0. The van der Waals surface area contributed by atoms with Crippen LogP contribution < -0.4 is 0 Å². The Labute approximate surface area is 139 Å². The number of hydrogen-bond acceptors (Lipinski definition) is 5. The van der Waals surface area contributed by atoms with Crippen molar-refractivity contribution < 1.29 is 4.79 Å². The highest BCUT2D eigenvalue weighted by Gasteiger charge is 2.23. The molecule has 0 radical (unpaired) electrons. The summed E-state index contributed by atoms with van der Waals surface area (Å²) in [6, 6.07) is 6.00. The lowest BCUT2D eigenvalue weighted by Gasteiger charge is -2.34. The number of pyridine rings is 1. The van der Waals surface area contributed by atoms with Crippen molar-refractivity contribution in [1.29, 1.82) is 0 Å². The number of imidazole rings is 1. The molecule has 0 bridgehead atoms. The van der Waals surface area contributed by atoms with E-state index in [4.69, 9.17) is 0 Å². The van der Waals surface area contributed by atoms with E-state index >= 15 is 0 Å². The van der Waals surface area contributed by atoms with Crippen LogP contribution >= 0.6 is 0 Å². The largest absolute Gasteiger partial charge is 0.335 e. The number of piperazine rings is 1. The molecule has 4 rings (SSSR count). The Bertz CT molecular complexity index is 838. The van der Waals surface area contributed by atoms with Crippen LogP contribution in [0.5, 0.6) is 0 Å². The molecule has 1 fully saturated rings. The van der Waals surface area contributed by atoms with E-state index in [0.29, 0.717) is 18.8 Å². The first-order valence-electron chi connectivity index (χ1n) is 8.00. The Hall–Kier alpha value is -2.80. The van der Waals surface area contributed by atoms with Crippen molar-refractivity contribution in [3.8, 4) is 0 Å². The highest BCUT2D eigenvalue weighted by molar-refractivity contribution is 5.92. The molecule has 0 unspecified atom stereocenters. The van der Waals surface area contributed by atoms with E-state index < -0.39 is 0 Å². The third-order valence-corrected chi connectivity index (χ3v) is 4.32. The van der Waals surface area contributed by atoms with E-state index in [1.54, 1.807) is 12.4 Å². The number of fused-ring (bicyclic) bond motifs is 1. The molecule has 0 saturated carbocycles. The maximum atomic E-state index is 12.4. The summed E-state index contributed by atoms with van der Waals surface area (Å²) in [6.45, 7) is 3.91. The van der Waals surface area contributed by atoms with Crippen LogP contribution in [0.15, 0.2) is 49.2 Å². The van der Waals surface area contributed by atoms with E-state index in [1.807, 2.05) is 35.5 Å². The zero-order chi connectivity index (χ0) is 16.4. The summed E-state index contributed by atoms with van der Waals surface area (Å²) >= 11 is 0. The first kappa shape index (κ1) is 14.8. The topological polar surface area (TPSA) is 66.6 Å². The molecule has 0 atom stereocenters. The average Bonchev–Trinajstić information content (AvgIpc) is 3.06. The van der Waals surface area contributed by atoms with E-state index in [-0.39, 0.29) is 5.91 Å². The second kappa shape index (κ2) is 6.37. The molecule has 0 aliphatic carbocycles. The summed E-state index contributed by atoms with van der Waals surface area (Å²) in [4.78, 5) is 29.1. The van der Waals surface area contributed by atoms with Gasteiger partial charge in [0, 0.05) is 51.3 Å². The van der Waals surface area contributed by atoms with Crippen LogP contribution in [0.1, 0.15) is 16.2 Å². The molecule has 7 heteroatoms. The fourth-order valence-corrected chi connectivity index (χ4v) is 3.01. The van der Waals surface area contributed by atoms with Crippen LogP contribution in [0.3, 0.4) is 0 Å². The normalized spacial score (nSPS) is 15.8. The van der Waals surface area contributed by atoms with Gasteiger partial charge in [0.2, 0.25) is 0 Å². The van der Waals surface area contributed by atoms with Crippen molar-refractivity contribution in [3.63, 3.8) is 0 Å². The Morgan fingerprint density at radius 2 is 1.92 bits per heavy atom. The highest BCUT2D eigenvalue weighted by atomic mass is 16.2. The number of carbonyl (C=O) groups is 1. The van der Waals surface area contributed by atoms with Gasteiger partial charge in [-0.2, -0.15) is 0 Å². The fraction of sp³-hybridized carbons (Fsp3) is 0.294. The molecule has 0 aromatic carbocycles. The van der Waals surface area contributed by atoms with Gasteiger partial charge in [-0.3, -0.25) is 14.7 Å². The first-order valence-corrected chi connectivity index (χ1v) is 8.00. The summed E-state index contributed by atoms with van der Waals surface area (Å²) in [5.41, 5.74) is 2.54. The Morgan fingerprint density at radius 1 is 1.04 bits per heavy atom. The summed E-state index contributed by atoms with van der Waals surface area (Å²) in [7, 11) is 0. The molecule has 3 aromatic heterocycles. The lowest BCUT2D eigenvalue weighted by atomic mass is 10.2. The molecule has 0 N–H and O–H groups in total. The summed E-state index contributed by atoms with van der Waals surface area (Å²) < 4.78 is 2.11. The number of hydrogen-bond donors (Lipinski definition) is 0. The molecule has 1 amide bonds. The van der Waals surface area contributed by atoms with Crippen molar-refractivity contribution in [1.82, 2.24) is 29.2 Å². The van der Waals surface area contributed by atoms with Gasteiger partial charge >= 0.3 is 0 Å². The molecule has 122 valence electrons. The monoisotopic (exact) mass is 322 g/mol. The maximum Gasteiger partial charge on any atom is 0.274 e. The number of carbonyl (C=O) groups excluding carboxylic acids is 1. The van der Waals surface area contributed by atoms with E-state index in [1.165, 1.54) is 11.9 Å². The van der Waals surface area contributed by atoms with Crippen molar-refractivity contribution >= 4 is 11.6 Å². The van der Waals surface area contributed by atoms with Crippen LogP contribution in [0.25, 0.3) is 5.65 Å². The molecule has 3 aromatic rings. The quantitative estimate of drug-likeness (QED) is 0.722. The predicted molar refractivity (Wildman–Crippen MR) is 88.4 cm³/mol. The molecule has 4 heterocycles. The smallest absolute Gasteiger partial charge is 0.274 e. The van der Waals surface area contributed by atoms with Crippen LogP contribution in [-0.4, -0.2) is 61.2 Å². The molecule has 0 spiro atoms. The minimum Gasteiger partial charge on any atom is -0.335 e. The number of amides is 1. The fourth-order valence-electron chi connectivity index (χ4n) is 3.01. The second-order valence-electron chi connectivity index (χ2n) is 5.84. The molecule has 1 saturated heterocycles. The zero-order valence-electron chi connectivity index (χ0n) is 13.2. The van der Waals surface area contributed by atoms with Gasteiger partial charge in [-0.25, -0.2) is 9.97 Å². The predicted octanol–water partition coefficient (Wildman–Crippen LogP) is 1.08. The molecule has 24 heavy (non-hydrogen) atoms. The lowest BCUT2D eigenvalue weighted by molar-refractivity contribution is 0.0620. The third-order valence-electron chi connectivity index (χ3n) is 4.32. The van der Waals surface area contributed by atoms with Crippen molar-refractivity contribution in [3.05, 3.63) is 60.6 Å². The standard InChI is InChI=1S/C17H18N6O/c24-17(15-12-18-4-5-19-15)22-9-7-21(8-10-22)13-14-11-20-16-3-1-2-6-23(14)16/h1-6,11-12H,7-10,13H2. The van der Waals surface area contributed by atoms with Crippen molar-refractivity contribution in [2.24, 2.45) is 0 Å². The summed E-state index contributed by atoms with van der Waals surface area (Å²) in [5.74, 6) is -0.0439. The van der Waals surface area contributed by atoms with Gasteiger partial charge in [0.25, 0.3) is 5.91 Å². The maximum absolute atomic E-state index is 12.4. The molecule has 1 aliphatic heterocycles. The Kier molecular flexibility index (Phi) is 3.92. The van der Waals surface area contributed by atoms with Crippen molar-refractivity contribution in [2.75, 3.05) is 26.2 Å². The van der Waals surface area contributed by atoms with Crippen LogP contribution in [-0.2, 0) is 6.54 Å². The van der Waals surface area contributed by atoms with E-state index in [9.17, 15) is 4.79 Å². The number of nitrogens with zero attached hydrogens (tertiary/aromatic N) is 6. The molecule has 1 aliphatic rings. The zero-order valence-corrected chi connectivity index (χ0v) is 13.2. The SMILES string of the molecule is O=C(c1cnccn1)N1CCN(Cc2cnc3ccccn23)CC1. The van der Waals surface area contributed by atoms with Crippen LogP contribution in [0.4, 0.5) is 0 Å². The van der Waals surface area contributed by atoms with Gasteiger partial charge in [-0.15, -0.1) is 0 Å². The third kappa shape index (κ3) is 2.85. The van der Waals surface area contributed by atoms with E-state index in [2.05, 4.69) is 24.3 Å². The van der Waals surface area contributed by atoms with E-state index in [0.717, 1.165) is 25.3 Å². The average molecular weight is 322 g/mol. The van der Waals surface area contributed by atoms with Gasteiger partial charge in [0.05, 0.1) is 18.1 Å². The van der Waals surface area contributed by atoms with Crippen LogP contribution in [0.2, 0.25) is 0 Å². The number of rotatable bonds is 3. The Balaban J connectivity index is 1.39. The minimum atomic E-state index is -0.0439. The number of aromatic nitrogens is 4. The lowest BCUT2D eigenvalue weighted by Crippen LogP contribution is -2.48. The summed E-state index contributed by atoms with van der Waals surface area (Å²) in [6.07, 6.45) is 8.60. The van der Waals surface area contributed by atoms with Gasteiger partial charge in [0.1, 0.15) is 11.3 Å². The van der Waals surface area contributed by atoms with Gasteiger partial charge < -0.3 is 9.30 Å². The Morgan fingerprint density at radius 3 is 2.71 bits per heavy atom. The van der Waals surface area contributed by atoms with Gasteiger partial charge in [0.15, 0.2) is 0 Å². The van der Waals surface area contributed by atoms with Gasteiger partial charge in [-0.1, -0.05) is 6.07 Å². The molecule has 7 nitrogen and oxygen atoms in total. The minimum absolute atomic E-state index is 0.0439. The first-order chi connectivity index (χ1) is 11.8. The second-order valence-corrected chi connectivity index (χ2v) is 5.84. The van der Waals surface area contributed by atoms with Crippen LogP contribution in [0, 0.1) is 0 Å². The van der Waals surface area contributed by atoms with Gasteiger partial charge in [-0.05, 0) is 12.1 Å². The highest BCUT2D eigenvalue weighted by Crippen LogP contribution is 2.12.